The fourth-order valence-corrected chi connectivity index (χ4v) is 2.61. The normalized spacial score (nSPS) is 22.1. The Hall–Kier alpha value is -1.66. The van der Waals surface area contributed by atoms with E-state index in [0.29, 0.717) is 18.7 Å². The van der Waals surface area contributed by atoms with Crippen molar-refractivity contribution >= 4 is 23.2 Å². The molecule has 1 aromatic carbocycles. The molecule has 1 aliphatic heterocycles. The van der Waals surface area contributed by atoms with E-state index in [1.165, 1.54) is 6.07 Å². The average Bonchev–Trinajstić information content (AvgIpc) is 2.46. The van der Waals surface area contributed by atoms with Crippen LogP contribution in [0.1, 0.15) is 22.8 Å². The first-order chi connectivity index (χ1) is 9.95. The lowest BCUT2D eigenvalue weighted by Gasteiger charge is -2.37. The highest BCUT2D eigenvalue weighted by atomic mass is 35.5. The standard InChI is InChI=1S/C14H17ClN2O4/c1-9-4-3-5-12(13(9)17(19)20)14(18)16-7-11(6-15)21-8-10(16)2/h3-5,10-11H,6-8H2,1-2H3. The zero-order valence-electron chi connectivity index (χ0n) is 11.9. The first-order valence-corrected chi connectivity index (χ1v) is 7.21. The molecule has 0 aromatic heterocycles. The number of aryl methyl sites for hydroxylation is 1. The Balaban J connectivity index is 2.35. The van der Waals surface area contributed by atoms with Crippen LogP contribution in [0.4, 0.5) is 5.69 Å². The van der Waals surface area contributed by atoms with Gasteiger partial charge in [-0.2, -0.15) is 0 Å². The molecule has 0 N–H and O–H groups in total. The molecule has 2 atom stereocenters. The third-order valence-electron chi connectivity index (χ3n) is 3.59. The number of rotatable bonds is 3. The Kier molecular flexibility index (Phi) is 4.80. The van der Waals surface area contributed by atoms with Gasteiger partial charge in [0.2, 0.25) is 0 Å². The van der Waals surface area contributed by atoms with Crippen LogP contribution < -0.4 is 0 Å². The van der Waals surface area contributed by atoms with E-state index >= 15 is 0 Å². The Morgan fingerprint density at radius 3 is 2.90 bits per heavy atom. The number of benzene rings is 1. The number of carbonyl (C=O) groups is 1. The van der Waals surface area contributed by atoms with Gasteiger partial charge in [-0.25, -0.2) is 0 Å². The summed E-state index contributed by atoms with van der Waals surface area (Å²) in [4.78, 5) is 25.0. The Morgan fingerprint density at radius 1 is 1.57 bits per heavy atom. The molecule has 21 heavy (non-hydrogen) atoms. The van der Waals surface area contributed by atoms with E-state index < -0.39 is 4.92 Å². The van der Waals surface area contributed by atoms with Gasteiger partial charge >= 0.3 is 0 Å². The maximum Gasteiger partial charge on any atom is 0.285 e. The number of nitro groups is 1. The highest BCUT2D eigenvalue weighted by Crippen LogP contribution is 2.26. The predicted molar refractivity (Wildman–Crippen MR) is 78.8 cm³/mol. The first-order valence-electron chi connectivity index (χ1n) is 6.68. The molecule has 2 rings (SSSR count). The topological polar surface area (TPSA) is 72.7 Å². The second-order valence-electron chi connectivity index (χ2n) is 5.14. The van der Waals surface area contributed by atoms with Crippen molar-refractivity contribution in [2.75, 3.05) is 19.0 Å². The summed E-state index contributed by atoms with van der Waals surface area (Å²) >= 11 is 5.78. The summed E-state index contributed by atoms with van der Waals surface area (Å²) in [5.74, 6) is -0.0665. The maximum atomic E-state index is 12.7. The SMILES string of the molecule is Cc1cccc(C(=O)N2CC(CCl)OCC2C)c1[N+](=O)[O-]. The van der Waals surface area contributed by atoms with E-state index in [4.69, 9.17) is 16.3 Å². The van der Waals surface area contributed by atoms with Gasteiger partial charge in [0, 0.05) is 12.1 Å². The molecular formula is C14H17ClN2O4. The van der Waals surface area contributed by atoms with Crippen molar-refractivity contribution in [3.05, 3.63) is 39.4 Å². The van der Waals surface area contributed by atoms with Crippen molar-refractivity contribution in [3.63, 3.8) is 0 Å². The van der Waals surface area contributed by atoms with Gasteiger partial charge in [0.15, 0.2) is 0 Å². The van der Waals surface area contributed by atoms with E-state index in [1.54, 1.807) is 24.0 Å². The van der Waals surface area contributed by atoms with Crippen LogP contribution in [0.5, 0.6) is 0 Å². The van der Waals surface area contributed by atoms with E-state index in [1.807, 2.05) is 6.92 Å². The molecule has 1 saturated heterocycles. The lowest BCUT2D eigenvalue weighted by molar-refractivity contribution is -0.385. The molecule has 1 aromatic rings. The summed E-state index contributed by atoms with van der Waals surface area (Å²) in [5, 5.41) is 11.2. The van der Waals surface area contributed by atoms with Gasteiger partial charge < -0.3 is 9.64 Å². The van der Waals surface area contributed by atoms with Crippen LogP contribution in [0.3, 0.4) is 0 Å². The summed E-state index contributed by atoms with van der Waals surface area (Å²) in [6.07, 6.45) is -0.240. The zero-order valence-corrected chi connectivity index (χ0v) is 12.7. The zero-order chi connectivity index (χ0) is 15.6. The second-order valence-corrected chi connectivity index (χ2v) is 5.45. The van der Waals surface area contributed by atoms with Gasteiger partial charge in [-0.15, -0.1) is 11.6 Å². The number of hydrogen-bond acceptors (Lipinski definition) is 4. The minimum atomic E-state index is -0.507. The Bertz CT molecular complexity index is 564. The monoisotopic (exact) mass is 312 g/mol. The molecule has 0 spiro atoms. The number of morpholine rings is 1. The summed E-state index contributed by atoms with van der Waals surface area (Å²) in [5.41, 5.74) is 0.450. The molecule has 0 saturated carbocycles. The van der Waals surface area contributed by atoms with Crippen LogP contribution in [-0.2, 0) is 4.74 Å². The van der Waals surface area contributed by atoms with Crippen LogP contribution in [0.2, 0.25) is 0 Å². The fourth-order valence-electron chi connectivity index (χ4n) is 2.42. The minimum absolute atomic E-state index is 0.113. The predicted octanol–water partition coefficient (Wildman–Crippen LogP) is 2.37. The van der Waals surface area contributed by atoms with Crippen molar-refractivity contribution in [1.82, 2.24) is 4.90 Å². The fraction of sp³-hybridized carbons (Fsp3) is 0.500. The lowest BCUT2D eigenvalue weighted by Crippen LogP contribution is -2.51. The van der Waals surface area contributed by atoms with Crippen LogP contribution in [0.25, 0.3) is 0 Å². The molecule has 2 unspecified atom stereocenters. The largest absolute Gasteiger partial charge is 0.373 e. The quantitative estimate of drug-likeness (QED) is 0.488. The van der Waals surface area contributed by atoms with Crippen molar-refractivity contribution < 1.29 is 14.5 Å². The van der Waals surface area contributed by atoms with E-state index in [-0.39, 0.29) is 35.2 Å². The van der Waals surface area contributed by atoms with Gasteiger partial charge in [0.1, 0.15) is 5.56 Å². The number of carbonyl (C=O) groups excluding carboxylic acids is 1. The lowest BCUT2D eigenvalue weighted by atomic mass is 10.1. The van der Waals surface area contributed by atoms with Gasteiger partial charge in [0.05, 0.1) is 29.6 Å². The highest BCUT2D eigenvalue weighted by Gasteiger charge is 2.33. The van der Waals surface area contributed by atoms with E-state index in [2.05, 4.69) is 0 Å². The number of nitro benzene ring substituents is 1. The third-order valence-corrected chi connectivity index (χ3v) is 3.93. The van der Waals surface area contributed by atoms with Crippen LogP contribution in [-0.4, -0.2) is 46.9 Å². The minimum Gasteiger partial charge on any atom is -0.373 e. The molecule has 114 valence electrons. The molecule has 0 radical (unpaired) electrons. The summed E-state index contributed by atoms with van der Waals surface area (Å²) in [6, 6.07) is 4.63. The molecule has 6 nitrogen and oxygen atoms in total. The number of para-hydroxylation sites is 1. The number of hydrogen-bond donors (Lipinski definition) is 0. The van der Waals surface area contributed by atoms with Gasteiger partial charge in [-0.05, 0) is 19.9 Å². The summed E-state index contributed by atoms with van der Waals surface area (Å²) < 4.78 is 5.50. The van der Waals surface area contributed by atoms with Gasteiger partial charge in [-0.3, -0.25) is 14.9 Å². The van der Waals surface area contributed by atoms with Crippen LogP contribution in [0.15, 0.2) is 18.2 Å². The first kappa shape index (κ1) is 15.7. The van der Waals surface area contributed by atoms with Gasteiger partial charge in [-0.1, -0.05) is 12.1 Å². The van der Waals surface area contributed by atoms with Crippen molar-refractivity contribution in [3.8, 4) is 0 Å². The number of amides is 1. The molecule has 1 aliphatic rings. The number of nitrogens with zero attached hydrogens (tertiary/aromatic N) is 2. The summed E-state index contributed by atoms with van der Waals surface area (Å²) in [6.45, 7) is 4.19. The van der Waals surface area contributed by atoms with Crippen molar-refractivity contribution in [2.45, 2.75) is 26.0 Å². The molecular weight excluding hydrogens is 296 g/mol. The number of ether oxygens (including phenoxy) is 1. The van der Waals surface area contributed by atoms with Crippen LogP contribution >= 0.6 is 11.6 Å². The number of alkyl halides is 1. The molecule has 1 amide bonds. The average molecular weight is 313 g/mol. The second kappa shape index (κ2) is 6.41. The maximum absolute atomic E-state index is 12.7. The molecule has 1 heterocycles. The number of halogens is 1. The van der Waals surface area contributed by atoms with Crippen LogP contribution in [0, 0.1) is 17.0 Å². The Morgan fingerprint density at radius 2 is 2.29 bits per heavy atom. The molecule has 1 fully saturated rings. The summed E-state index contributed by atoms with van der Waals surface area (Å²) in [7, 11) is 0. The van der Waals surface area contributed by atoms with Crippen molar-refractivity contribution in [1.29, 1.82) is 0 Å². The molecule has 0 bridgehead atoms. The van der Waals surface area contributed by atoms with Gasteiger partial charge in [0.25, 0.3) is 11.6 Å². The molecule has 7 heteroatoms. The Labute approximate surface area is 127 Å². The highest BCUT2D eigenvalue weighted by molar-refractivity contribution is 6.18. The van der Waals surface area contributed by atoms with E-state index in [9.17, 15) is 14.9 Å². The smallest absolute Gasteiger partial charge is 0.285 e. The van der Waals surface area contributed by atoms with Crippen molar-refractivity contribution in [2.24, 2.45) is 0 Å². The third kappa shape index (κ3) is 3.16. The van der Waals surface area contributed by atoms with E-state index in [0.717, 1.165) is 0 Å². The molecule has 0 aliphatic carbocycles.